The molecule has 4 rings (SSSR count). The summed E-state index contributed by atoms with van der Waals surface area (Å²) in [6.45, 7) is 4.36. The van der Waals surface area contributed by atoms with Crippen LogP contribution in [0.15, 0.2) is 69.4 Å². The van der Waals surface area contributed by atoms with Gasteiger partial charge in [-0.3, -0.25) is 4.57 Å². The van der Waals surface area contributed by atoms with Gasteiger partial charge in [-0.1, -0.05) is 40.7 Å². The first-order valence-electron chi connectivity index (χ1n) is 8.04. The fourth-order valence-electron chi connectivity index (χ4n) is 2.46. The van der Waals surface area contributed by atoms with Crippen LogP contribution < -0.4 is 0 Å². The van der Waals surface area contributed by atoms with Crippen LogP contribution in [0.3, 0.4) is 0 Å². The minimum atomic E-state index is 0.428. The third-order valence-electron chi connectivity index (χ3n) is 3.64. The molecule has 136 valence electrons. The number of hydrogen-bond acceptors (Lipinski definition) is 7. The van der Waals surface area contributed by atoms with E-state index in [0.717, 1.165) is 10.7 Å². The van der Waals surface area contributed by atoms with Crippen LogP contribution in [-0.4, -0.2) is 24.9 Å². The summed E-state index contributed by atoms with van der Waals surface area (Å²) in [6.07, 6.45) is 3.39. The number of hydrogen-bond donors (Lipinski definition) is 0. The maximum absolute atomic E-state index is 6.01. The van der Waals surface area contributed by atoms with Crippen LogP contribution in [0.25, 0.3) is 23.0 Å². The molecule has 7 nitrogen and oxygen atoms in total. The molecule has 0 radical (unpaired) electrons. The number of benzene rings is 1. The van der Waals surface area contributed by atoms with Crippen molar-refractivity contribution >= 4 is 23.4 Å². The highest BCUT2D eigenvalue weighted by molar-refractivity contribution is 7.98. The molecule has 0 fully saturated rings. The average Bonchev–Trinajstić information content (AvgIpc) is 3.41. The molecule has 0 saturated heterocycles. The molecule has 0 unspecified atom stereocenters. The van der Waals surface area contributed by atoms with E-state index in [0.29, 0.717) is 40.6 Å². The lowest BCUT2D eigenvalue weighted by Crippen LogP contribution is -2.00. The molecular weight excluding hydrogens is 386 g/mol. The van der Waals surface area contributed by atoms with Gasteiger partial charge in [-0.2, -0.15) is 4.98 Å². The molecule has 0 atom stereocenters. The van der Waals surface area contributed by atoms with Crippen molar-refractivity contribution in [3.63, 3.8) is 0 Å². The fraction of sp³-hybridized carbons (Fsp3) is 0.111. The summed E-state index contributed by atoms with van der Waals surface area (Å²) in [4.78, 5) is 4.42. The van der Waals surface area contributed by atoms with E-state index in [9.17, 15) is 0 Å². The molecule has 27 heavy (non-hydrogen) atoms. The van der Waals surface area contributed by atoms with Crippen molar-refractivity contribution < 1.29 is 8.94 Å². The van der Waals surface area contributed by atoms with Gasteiger partial charge in [0.15, 0.2) is 16.7 Å². The third kappa shape index (κ3) is 3.81. The minimum absolute atomic E-state index is 0.428. The van der Waals surface area contributed by atoms with Crippen molar-refractivity contribution in [1.82, 2.24) is 24.9 Å². The average molecular weight is 400 g/mol. The fourth-order valence-corrected chi connectivity index (χ4v) is 3.44. The van der Waals surface area contributed by atoms with Gasteiger partial charge in [-0.05, 0) is 30.3 Å². The van der Waals surface area contributed by atoms with Gasteiger partial charge in [-0.25, -0.2) is 0 Å². The normalized spacial score (nSPS) is 11.0. The summed E-state index contributed by atoms with van der Waals surface area (Å²) in [5.74, 6) is 2.77. The number of rotatable bonds is 7. The SMILES string of the molecule is C=CCn1c(SCc2noc(-c3cccc(Cl)c3)n2)nnc1-c1ccco1. The summed E-state index contributed by atoms with van der Waals surface area (Å²) in [5.41, 5.74) is 0.779. The number of nitrogens with zero attached hydrogens (tertiary/aromatic N) is 5. The number of furan rings is 1. The first-order valence-corrected chi connectivity index (χ1v) is 9.40. The molecule has 0 amide bonds. The highest BCUT2D eigenvalue weighted by Crippen LogP contribution is 2.27. The van der Waals surface area contributed by atoms with Crippen LogP contribution in [0, 0.1) is 0 Å². The largest absolute Gasteiger partial charge is 0.461 e. The molecule has 0 aliphatic carbocycles. The summed E-state index contributed by atoms with van der Waals surface area (Å²) in [6, 6.07) is 10.9. The zero-order chi connectivity index (χ0) is 18.6. The molecule has 3 aromatic heterocycles. The molecular formula is C18H14ClN5O2S. The highest BCUT2D eigenvalue weighted by Gasteiger charge is 2.17. The van der Waals surface area contributed by atoms with E-state index in [2.05, 4.69) is 26.9 Å². The summed E-state index contributed by atoms with van der Waals surface area (Å²) in [7, 11) is 0. The van der Waals surface area contributed by atoms with Gasteiger partial charge in [0.2, 0.25) is 5.82 Å². The first kappa shape index (κ1) is 17.6. The van der Waals surface area contributed by atoms with E-state index in [1.54, 1.807) is 24.5 Å². The van der Waals surface area contributed by atoms with E-state index >= 15 is 0 Å². The van der Waals surface area contributed by atoms with Crippen LogP contribution in [0.1, 0.15) is 5.82 Å². The number of halogens is 1. The summed E-state index contributed by atoms with van der Waals surface area (Å²) < 4.78 is 12.7. The van der Waals surface area contributed by atoms with E-state index < -0.39 is 0 Å². The first-order chi connectivity index (χ1) is 13.2. The molecule has 9 heteroatoms. The monoisotopic (exact) mass is 399 g/mol. The number of aromatic nitrogens is 5. The van der Waals surface area contributed by atoms with Crippen molar-refractivity contribution in [2.45, 2.75) is 17.5 Å². The van der Waals surface area contributed by atoms with E-state index in [1.165, 1.54) is 11.8 Å². The molecule has 3 heterocycles. The third-order valence-corrected chi connectivity index (χ3v) is 4.84. The van der Waals surface area contributed by atoms with Gasteiger partial charge in [0.25, 0.3) is 5.89 Å². The molecule has 0 aliphatic rings. The van der Waals surface area contributed by atoms with Crippen LogP contribution in [0.4, 0.5) is 0 Å². The van der Waals surface area contributed by atoms with Crippen LogP contribution in [-0.2, 0) is 12.3 Å². The predicted molar refractivity (Wildman–Crippen MR) is 102 cm³/mol. The number of allylic oxidation sites excluding steroid dienone is 1. The van der Waals surface area contributed by atoms with Crippen LogP contribution in [0.5, 0.6) is 0 Å². The van der Waals surface area contributed by atoms with Gasteiger partial charge < -0.3 is 8.94 Å². The second-order valence-corrected chi connectivity index (χ2v) is 6.88. The van der Waals surface area contributed by atoms with E-state index in [1.807, 2.05) is 28.8 Å². The Kier molecular flexibility index (Phi) is 5.08. The summed E-state index contributed by atoms with van der Waals surface area (Å²) >= 11 is 7.47. The molecule has 1 aromatic carbocycles. The van der Waals surface area contributed by atoms with Gasteiger partial charge in [0, 0.05) is 17.1 Å². The lowest BCUT2D eigenvalue weighted by Gasteiger charge is -2.04. The van der Waals surface area contributed by atoms with Crippen molar-refractivity contribution in [2.75, 3.05) is 0 Å². The lowest BCUT2D eigenvalue weighted by molar-refractivity contribution is 0.425. The second-order valence-electron chi connectivity index (χ2n) is 5.50. The highest BCUT2D eigenvalue weighted by atomic mass is 35.5. The number of thioether (sulfide) groups is 1. The van der Waals surface area contributed by atoms with Gasteiger partial charge in [0.1, 0.15) is 0 Å². The molecule has 4 aromatic rings. The van der Waals surface area contributed by atoms with Crippen molar-refractivity contribution in [1.29, 1.82) is 0 Å². The summed E-state index contributed by atoms with van der Waals surface area (Å²) in [5, 5.41) is 13.8. The van der Waals surface area contributed by atoms with Crippen molar-refractivity contribution in [3.8, 4) is 23.0 Å². The van der Waals surface area contributed by atoms with Crippen molar-refractivity contribution in [2.24, 2.45) is 0 Å². The molecule has 0 N–H and O–H groups in total. The Bertz CT molecular complexity index is 1060. The molecule has 0 bridgehead atoms. The lowest BCUT2D eigenvalue weighted by atomic mass is 10.2. The zero-order valence-corrected chi connectivity index (χ0v) is 15.7. The minimum Gasteiger partial charge on any atom is -0.461 e. The Hall–Kier alpha value is -2.84. The molecule has 0 spiro atoms. The smallest absolute Gasteiger partial charge is 0.258 e. The molecule has 0 saturated carbocycles. The quantitative estimate of drug-likeness (QED) is 0.328. The van der Waals surface area contributed by atoms with Crippen LogP contribution in [0.2, 0.25) is 5.02 Å². The van der Waals surface area contributed by atoms with E-state index in [-0.39, 0.29) is 0 Å². The Morgan fingerprint density at radius 3 is 2.93 bits per heavy atom. The van der Waals surface area contributed by atoms with Crippen LogP contribution >= 0.6 is 23.4 Å². The standard InChI is InChI=1S/C18H14ClN5O2S/c1-2-8-24-16(14-7-4-9-25-14)21-22-18(24)27-11-15-20-17(26-23-15)12-5-3-6-13(19)10-12/h2-7,9-10H,1,8,11H2. The molecule has 0 aliphatic heterocycles. The zero-order valence-electron chi connectivity index (χ0n) is 14.1. The van der Waals surface area contributed by atoms with Gasteiger partial charge >= 0.3 is 0 Å². The predicted octanol–water partition coefficient (Wildman–Crippen LogP) is 4.72. The Balaban J connectivity index is 1.52. The Morgan fingerprint density at radius 2 is 2.15 bits per heavy atom. The van der Waals surface area contributed by atoms with Gasteiger partial charge in [0.05, 0.1) is 12.0 Å². The van der Waals surface area contributed by atoms with Gasteiger partial charge in [-0.15, -0.1) is 16.8 Å². The van der Waals surface area contributed by atoms with E-state index in [4.69, 9.17) is 20.5 Å². The van der Waals surface area contributed by atoms with Crippen molar-refractivity contribution in [3.05, 3.63) is 66.2 Å². The second kappa shape index (κ2) is 7.81. The maximum atomic E-state index is 6.01. The maximum Gasteiger partial charge on any atom is 0.258 e. The topological polar surface area (TPSA) is 82.8 Å². The Labute approximate surface area is 164 Å². The Morgan fingerprint density at radius 1 is 1.22 bits per heavy atom.